The minimum atomic E-state index is -0.613. The van der Waals surface area contributed by atoms with E-state index in [9.17, 15) is 4.79 Å². The molecule has 0 aromatic carbocycles. The fourth-order valence-electron chi connectivity index (χ4n) is 1.14. The Labute approximate surface area is 96.2 Å². The molecule has 0 aliphatic rings. The summed E-state index contributed by atoms with van der Waals surface area (Å²) >= 11 is 0. The molecule has 0 fully saturated rings. The zero-order valence-electron chi connectivity index (χ0n) is 9.04. The lowest BCUT2D eigenvalue weighted by Gasteiger charge is -2.01. The van der Waals surface area contributed by atoms with Crippen LogP contribution in [0.4, 0.5) is 5.82 Å². The van der Waals surface area contributed by atoms with Crippen LogP contribution in [0, 0.1) is 6.92 Å². The van der Waals surface area contributed by atoms with Crippen molar-refractivity contribution in [1.29, 1.82) is 0 Å². The Hall–Kier alpha value is -2.51. The summed E-state index contributed by atoms with van der Waals surface area (Å²) in [5.74, 6) is 0.899. The molecular weight excluding hydrogens is 224 g/mol. The zero-order chi connectivity index (χ0) is 12.3. The third kappa shape index (κ3) is 2.74. The normalized spacial score (nSPS) is 10.2. The molecule has 0 unspecified atom stereocenters. The number of nitrogens with two attached hydrogens (primary N) is 1. The van der Waals surface area contributed by atoms with Gasteiger partial charge in [0.05, 0.1) is 6.54 Å². The van der Waals surface area contributed by atoms with E-state index < -0.39 is 5.91 Å². The Morgan fingerprint density at radius 2 is 2.29 bits per heavy atom. The standard InChI is InChI=1S/C9H10N6O2/c1-5-12-8(15-17-5)4-11-7-3-2-6(9(10)16)13-14-7/h2-3H,4H2,1H3,(H2,10,16)(H,11,14). The van der Waals surface area contributed by atoms with E-state index in [2.05, 4.69) is 25.7 Å². The van der Waals surface area contributed by atoms with Crippen LogP contribution in [0.1, 0.15) is 22.2 Å². The van der Waals surface area contributed by atoms with Gasteiger partial charge in [0.2, 0.25) is 5.89 Å². The molecule has 0 aliphatic carbocycles. The van der Waals surface area contributed by atoms with Crippen molar-refractivity contribution in [2.24, 2.45) is 5.73 Å². The summed E-state index contributed by atoms with van der Waals surface area (Å²) in [6, 6.07) is 3.08. The van der Waals surface area contributed by atoms with Gasteiger partial charge in [0.1, 0.15) is 5.82 Å². The third-order valence-corrected chi connectivity index (χ3v) is 1.91. The van der Waals surface area contributed by atoms with Crippen LogP contribution < -0.4 is 11.1 Å². The van der Waals surface area contributed by atoms with E-state index in [0.717, 1.165) is 0 Å². The lowest BCUT2D eigenvalue weighted by molar-refractivity contribution is 0.0994. The van der Waals surface area contributed by atoms with Crippen molar-refractivity contribution in [2.75, 3.05) is 5.32 Å². The topological polar surface area (TPSA) is 120 Å². The first-order valence-electron chi connectivity index (χ1n) is 4.82. The maximum atomic E-state index is 10.8. The van der Waals surface area contributed by atoms with Gasteiger partial charge in [-0.2, -0.15) is 4.98 Å². The van der Waals surface area contributed by atoms with Gasteiger partial charge in [-0.25, -0.2) is 0 Å². The van der Waals surface area contributed by atoms with E-state index in [1.54, 1.807) is 13.0 Å². The van der Waals surface area contributed by atoms with Gasteiger partial charge in [-0.05, 0) is 12.1 Å². The largest absolute Gasteiger partial charge is 0.364 e. The second-order valence-electron chi connectivity index (χ2n) is 3.25. The Kier molecular flexibility index (Phi) is 2.95. The number of rotatable bonds is 4. The average Bonchev–Trinajstić information content (AvgIpc) is 2.73. The number of aromatic nitrogens is 4. The van der Waals surface area contributed by atoms with E-state index >= 15 is 0 Å². The van der Waals surface area contributed by atoms with Crippen molar-refractivity contribution in [3.05, 3.63) is 29.5 Å². The van der Waals surface area contributed by atoms with Crippen molar-refractivity contribution in [1.82, 2.24) is 20.3 Å². The monoisotopic (exact) mass is 234 g/mol. The highest BCUT2D eigenvalue weighted by atomic mass is 16.5. The van der Waals surface area contributed by atoms with Crippen molar-refractivity contribution in [3.63, 3.8) is 0 Å². The Balaban J connectivity index is 1.97. The second kappa shape index (κ2) is 4.56. The fraction of sp³-hybridized carbons (Fsp3) is 0.222. The molecule has 17 heavy (non-hydrogen) atoms. The summed E-state index contributed by atoms with van der Waals surface area (Å²) in [4.78, 5) is 14.8. The van der Waals surface area contributed by atoms with Crippen LogP contribution in [0.5, 0.6) is 0 Å². The van der Waals surface area contributed by atoms with Crippen molar-refractivity contribution < 1.29 is 9.32 Å². The number of carbonyl (C=O) groups excluding carboxylic acids is 1. The number of hydrogen-bond donors (Lipinski definition) is 2. The Bertz CT molecular complexity index is 521. The quantitative estimate of drug-likeness (QED) is 0.756. The van der Waals surface area contributed by atoms with E-state index in [1.165, 1.54) is 6.07 Å². The third-order valence-electron chi connectivity index (χ3n) is 1.91. The molecule has 0 aliphatic heterocycles. The van der Waals surface area contributed by atoms with E-state index in [1.807, 2.05) is 0 Å². The van der Waals surface area contributed by atoms with Gasteiger partial charge < -0.3 is 15.6 Å². The predicted molar refractivity (Wildman–Crippen MR) is 56.9 cm³/mol. The van der Waals surface area contributed by atoms with Gasteiger partial charge in [-0.1, -0.05) is 5.16 Å². The molecule has 2 aromatic rings. The van der Waals surface area contributed by atoms with Crippen LogP contribution in [-0.2, 0) is 6.54 Å². The molecule has 0 radical (unpaired) electrons. The molecule has 88 valence electrons. The highest BCUT2D eigenvalue weighted by Gasteiger charge is 2.04. The van der Waals surface area contributed by atoms with Crippen LogP contribution >= 0.6 is 0 Å². The molecule has 0 saturated carbocycles. The fourth-order valence-corrected chi connectivity index (χ4v) is 1.14. The maximum Gasteiger partial charge on any atom is 0.269 e. The lowest BCUT2D eigenvalue weighted by Crippen LogP contribution is -2.14. The summed E-state index contributed by atoms with van der Waals surface area (Å²) in [6.07, 6.45) is 0. The first kappa shape index (κ1) is 11.0. The molecule has 0 spiro atoms. The maximum absolute atomic E-state index is 10.8. The summed E-state index contributed by atoms with van der Waals surface area (Å²) < 4.78 is 4.81. The van der Waals surface area contributed by atoms with Gasteiger partial charge in [0.15, 0.2) is 11.5 Å². The van der Waals surface area contributed by atoms with Crippen molar-refractivity contribution >= 4 is 11.7 Å². The summed E-state index contributed by atoms with van der Waals surface area (Å²) in [5, 5.41) is 14.1. The molecule has 0 saturated heterocycles. The molecular formula is C9H10N6O2. The Morgan fingerprint density at radius 1 is 1.47 bits per heavy atom. The molecule has 8 heteroatoms. The van der Waals surface area contributed by atoms with E-state index in [0.29, 0.717) is 24.1 Å². The molecule has 1 amide bonds. The highest BCUT2D eigenvalue weighted by Crippen LogP contribution is 2.03. The van der Waals surface area contributed by atoms with Gasteiger partial charge in [0, 0.05) is 6.92 Å². The van der Waals surface area contributed by atoms with Gasteiger partial charge in [-0.15, -0.1) is 10.2 Å². The van der Waals surface area contributed by atoms with E-state index in [4.69, 9.17) is 10.3 Å². The minimum absolute atomic E-state index is 0.117. The van der Waals surface area contributed by atoms with E-state index in [-0.39, 0.29) is 5.69 Å². The number of amides is 1. The highest BCUT2D eigenvalue weighted by molar-refractivity contribution is 5.90. The summed E-state index contributed by atoms with van der Waals surface area (Å²) in [7, 11) is 0. The predicted octanol–water partition coefficient (Wildman–Crippen LogP) is -0.121. The Morgan fingerprint density at radius 3 is 2.82 bits per heavy atom. The first-order valence-corrected chi connectivity index (χ1v) is 4.82. The SMILES string of the molecule is Cc1nc(CNc2ccc(C(N)=O)nn2)no1. The second-order valence-corrected chi connectivity index (χ2v) is 3.25. The molecule has 0 bridgehead atoms. The van der Waals surface area contributed by atoms with Gasteiger partial charge >= 0.3 is 0 Å². The molecule has 2 rings (SSSR count). The van der Waals surface area contributed by atoms with Crippen LogP contribution in [0.3, 0.4) is 0 Å². The van der Waals surface area contributed by atoms with Crippen LogP contribution in [0.2, 0.25) is 0 Å². The first-order chi connectivity index (χ1) is 8.15. The number of carbonyl (C=O) groups is 1. The zero-order valence-corrected chi connectivity index (χ0v) is 9.04. The van der Waals surface area contributed by atoms with Gasteiger partial charge in [-0.3, -0.25) is 4.79 Å². The average molecular weight is 234 g/mol. The van der Waals surface area contributed by atoms with Crippen molar-refractivity contribution in [3.8, 4) is 0 Å². The smallest absolute Gasteiger partial charge is 0.269 e. The minimum Gasteiger partial charge on any atom is -0.364 e. The van der Waals surface area contributed by atoms with Crippen LogP contribution in [-0.4, -0.2) is 26.2 Å². The summed E-state index contributed by atoms with van der Waals surface area (Å²) in [6.45, 7) is 2.07. The van der Waals surface area contributed by atoms with Crippen molar-refractivity contribution in [2.45, 2.75) is 13.5 Å². The number of nitrogens with zero attached hydrogens (tertiary/aromatic N) is 4. The number of anilines is 1. The van der Waals surface area contributed by atoms with Crippen LogP contribution in [0.25, 0.3) is 0 Å². The molecule has 2 heterocycles. The molecule has 3 N–H and O–H groups in total. The number of aryl methyl sites for hydroxylation is 1. The molecule has 2 aromatic heterocycles. The molecule has 8 nitrogen and oxygen atoms in total. The lowest BCUT2D eigenvalue weighted by atomic mass is 10.4. The van der Waals surface area contributed by atoms with Gasteiger partial charge in [0.25, 0.3) is 5.91 Å². The summed E-state index contributed by atoms with van der Waals surface area (Å²) in [5.41, 5.74) is 5.15. The van der Waals surface area contributed by atoms with Crippen LogP contribution in [0.15, 0.2) is 16.7 Å². The number of hydrogen-bond acceptors (Lipinski definition) is 7. The molecule has 0 atom stereocenters. The number of primary amides is 1. The number of nitrogens with one attached hydrogen (secondary N) is 1.